The van der Waals surface area contributed by atoms with Crippen LogP contribution in [0.4, 0.5) is 0 Å². The van der Waals surface area contributed by atoms with E-state index in [9.17, 15) is 9.59 Å². The van der Waals surface area contributed by atoms with Crippen LogP contribution in [0.1, 0.15) is 60.3 Å². The van der Waals surface area contributed by atoms with Gasteiger partial charge < -0.3 is 10.1 Å². The Bertz CT molecular complexity index is 401. The molecular weight excluding hydrogens is 278 g/mol. The van der Waals surface area contributed by atoms with Gasteiger partial charge in [-0.15, -0.1) is 0 Å². The molecule has 0 aromatic heterocycles. The monoisotopic (exact) mass is 309 g/mol. The molecule has 1 aliphatic carbocycles. The van der Waals surface area contributed by atoms with E-state index < -0.39 is 6.04 Å². The van der Waals surface area contributed by atoms with Crippen molar-refractivity contribution >= 4 is 11.9 Å². The van der Waals surface area contributed by atoms with Crippen molar-refractivity contribution < 1.29 is 14.3 Å². The van der Waals surface area contributed by atoms with Crippen molar-refractivity contribution in [1.29, 1.82) is 0 Å². The molecule has 1 fully saturated rings. The Balaban J connectivity index is 2.53. The largest absolute Gasteiger partial charge is 0.461 e. The van der Waals surface area contributed by atoms with Gasteiger partial charge in [-0.25, -0.2) is 4.79 Å². The molecule has 0 saturated heterocycles. The Labute approximate surface area is 134 Å². The van der Waals surface area contributed by atoms with Gasteiger partial charge in [-0.2, -0.15) is 0 Å². The zero-order valence-electron chi connectivity index (χ0n) is 14.6. The Morgan fingerprint density at radius 1 is 1.18 bits per heavy atom. The predicted molar refractivity (Wildman–Crippen MR) is 88.3 cm³/mol. The quantitative estimate of drug-likeness (QED) is 0.625. The summed E-state index contributed by atoms with van der Waals surface area (Å²) in [5.74, 6) is 0.00244. The van der Waals surface area contributed by atoms with Crippen molar-refractivity contribution in [3.8, 4) is 0 Å². The van der Waals surface area contributed by atoms with E-state index in [1.165, 1.54) is 6.08 Å². The number of ether oxygens (including phenoxy) is 1. The summed E-state index contributed by atoms with van der Waals surface area (Å²) in [6.45, 7) is 14.0. The first-order valence-corrected chi connectivity index (χ1v) is 8.28. The lowest BCUT2D eigenvalue weighted by molar-refractivity contribution is -0.156. The summed E-state index contributed by atoms with van der Waals surface area (Å²) < 4.78 is 5.63. The minimum Gasteiger partial charge on any atom is -0.461 e. The Morgan fingerprint density at radius 3 is 2.14 bits per heavy atom. The summed E-state index contributed by atoms with van der Waals surface area (Å²) in [7, 11) is 0. The third kappa shape index (κ3) is 5.47. The van der Waals surface area contributed by atoms with Gasteiger partial charge >= 0.3 is 5.97 Å². The average molecular weight is 309 g/mol. The average Bonchev–Trinajstić information content (AvgIpc) is 2.43. The third-order valence-electron chi connectivity index (χ3n) is 4.59. The molecule has 0 radical (unpaired) electrons. The van der Waals surface area contributed by atoms with Crippen molar-refractivity contribution in [2.75, 3.05) is 0 Å². The van der Waals surface area contributed by atoms with Crippen LogP contribution in [-0.2, 0) is 14.3 Å². The van der Waals surface area contributed by atoms with Crippen molar-refractivity contribution in [1.82, 2.24) is 5.32 Å². The SMILES string of the molecule is C=CC(=O)N[C@H](C(=O)OC1CCC(C(C)(C)C)CC1)C(C)C. The highest BCUT2D eigenvalue weighted by Gasteiger charge is 2.33. The van der Waals surface area contributed by atoms with E-state index in [0.29, 0.717) is 11.3 Å². The topological polar surface area (TPSA) is 55.4 Å². The van der Waals surface area contributed by atoms with Gasteiger partial charge in [0, 0.05) is 0 Å². The van der Waals surface area contributed by atoms with Gasteiger partial charge in [-0.05, 0) is 49.0 Å². The molecule has 1 N–H and O–H groups in total. The number of carbonyl (C=O) groups is 2. The van der Waals surface area contributed by atoms with Crippen molar-refractivity contribution in [3.05, 3.63) is 12.7 Å². The van der Waals surface area contributed by atoms with Gasteiger partial charge in [0.2, 0.25) is 5.91 Å². The minimum atomic E-state index is -0.606. The number of nitrogens with one attached hydrogen (secondary N) is 1. The van der Waals surface area contributed by atoms with Gasteiger partial charge in [-0.3, -0.25) is 4.79 Å². The highest BCUT2D eigenvalue weighted by molar-refractivity contribution is 5.91. The summed E-state index contributed by atoms with van der Waals surface area (Å²) >= 11 is 0. The zero-order chi connectivity index (χ0) is 16.9. The number of esters is 1. The van der Waals surface area contributed by atoms with Gasteiger partial charge in [0.15, 0.2) is 0 Å². The van der Waals surface area contributed by atoms with Gasteiger partial charge in [0.05, 0.1) is 0 Å². The highest BCUT2D eigenvalue weighted by Crippen LogP contribution is 2.38. The van der Waals surface area contributed by atoms with Crippen molar-refractivity contribution in [3.63, 3.8) is 0 Å². The number of rotatable bonds is 5. The molecule has 0 aromatic rings. The van der Waals surface area contributed by atoms with Crippen LogP contribution in [0.25, 0.3) is 0 Å². The summed E-state index contributed by atoms with van der Waals surface area (Å²) in [6, 6.07) is -0.606. The number of carbonyl (C=O) groups excluding carboxylic acids is 2. The fourth-order valence-corrected chi connectivity index (χ4v) is 2.99. The van der Waals surface area contributed by atoms with Crippen LogP contribution in [0.15, 0.2) is 12.7 Å². The molecule has 4 nitrogen and oxygen atoms in total. The van der Waals surface area contributed by atoms with Crippen molar-refractivity contribution in [2.45, 2.75) is 72.4 Å². The number of amides is 1. The second-order valence-corrected chi connectivity index (χ2v) is 7.71. The lowest BCUT2D eigenvalue weighted by Crippen LogP contribution is -2.46. The number of hydrogen-bond donors (Lipinski definition) is 1. The first-order chi connectivity index (χ1) is 10.1. The first kappa shape index (κ1) is 18.7. The van der Waals surface area contributed by atoms with E-state index in [2.05, 4.69) is 32.7 Å². The molecule has 0 heterocycles. The smallest absolute Gasteiger partial charge is 0.329 e. The second-order valence-electron chi connectivity index (χ2n) is 7.71. The standard InChI is InChI=1S/C18H31NO3/c1-7-15(20)19-16(12(2)3)17(21)22-14-10-8-13(9-11-14)18(4,5)6/h7,12-14,16H,1,8-11H2,2-6H3,(H,19,20)/t13?,14?,16-/m0/s1. The van der Waals surface area contributed by atoms with E-state index >= 15 is 0 Å². The fourth-order valence-electron chi connectivity index (χ4n) is 2.99. The molecule has 0 bridgehead atoms. The summed E-state index contributed by atoms with van der Waals surface area (Å²) in [6.07, 6.45) is 5.16. The molecule has 1 amide bonds. The molecule has 22 heavy (non-hydrogen) atoms. The maximum Gasteiger partial charge on any atom is 0.329 e. The maximum absolute atomic E-state index is 12.3. The fraction of sp³-hybridized carbons (Fsp3) is 0.778. The van der Waals surface area contributed by atoms with Gasteiger partial charge in [0.1, 0.15) is 12.1 Å². The molecule has 0 aromatic carbocycles. The van der Waals surface area contributed by atoms with Crippen molar-refractivity contribution in [2.24, 2.45) is 17.3 Å². The van der Waals surface area contributed by atoms with Gasteiger partial charge in [0.25, 0.3) is 0 Å². The van der Waals surface area contributed by atoms with Crippen LogP contribution in [0.5, 0.6) is 0 Å². The van der Waals surface area contributed by atoms with E-state index in [0.717, 1.165) is 25.7 Å². The molecule has 0 unspecified atom stereocenters. The zero-order valence-corrected chi connectivity index (χ0v) is 14.6. The highest BCUT2D eigenvalue weighted by atomic mass is 16.5. The van der Waals surface area contributed by atoms with E-state index in [4.69, 9.17) is 4.74 Å². The van der Waals surface area contributed by atoms with E-state index in [1.54, 1.807) is 0 Å². The third-order valence-corrected chi connectivity index (χ3v) is 4.59. The summed E-state index contributed by atoms with van der Waals surface area (Å²) in [5.41, 5.74) is 0.313. The lowest BCUT2D eigenvalue weighted by Gasteiger charge is -2.37. The number of hydrogen-bond acceptors (Lipinski definition) is 3. The molecular formula is C18H31NO3. The molecule has 126 valence electrons. The van der Waals surface area contributed by atoms with Crippen LogP contribution in [0.2, 0.25) is 0 Å². The molecule has 1 saturated carbocycles. The molecule has 4 heteroatoms. The molecule has 1 aliphatic rings. The van der Waals surface area contributed by atoms with Gasteiger partial charge in [-0.1, -0.05) is 41.2 Å². The second kappa shape index (κ2) is 7.80. The predicted octanol–water partition coefficient (Wildman–Crippen LogP) is 3.46. The minimum absolute atomic E-state index is 0.0117. The Morgan fingerprint density at radius 2 is 1.73 bits per heavy atom. The molecule has 1 atom stereocenters. The maximum atomic E-state index is 12.3. The van der Waals surface area contributed by atoms with Crippen LogP contribution in [0.3, 0.4) is 0 Å². The normalized spacial score (nSPS) is 23.7. The van der Waals surface area contributed by atoms with Crippen LogP contribution in [-0.4, -0.2) is 24.0 Å². The Hall–Kier alpha value is -1.32. The molecule has 1 rings (SSSR count). The van der Waals surface area contributed by atoms with E-state index in [1.807, 2.05) is 13.8 Å². The van der Waals surface area contributed by atoms with E-state index in [-0.39, 0.29) is 23.9 Å². The lowest BCUT2D eigenvalue weighted by atomic mass is 9.72. The van der Waals surface area contributed by atoms with Crippen LogP contribution in [0, 0.1) is 17.3 Å². The summed E-state index contributed by atoms with van der Waals surface area (Å²) in [4.78, 5) is 23.8. The molecule has 0 aliphatic heterocycles. The Kier molecular flexibility index (Phi) is 6.64. The van der Waals surface area contributed by atoms with Crippen LogP contribution >= 0.6 is 0 Å². The molecule has 0 spiro atoms. The van der Waals surface area contributed by atoms with Crippen LogP contribution < -0.4 is 5.32 Å². The first-order valence-electron chi connectivity index (χ1n) is 8.28. The summed E-state index contributed by atoms with van der Waals surface area (Å²) in [5, 5.41) is 2.66.